The second-order valence-electron chi connectivity index (χ2n) is 2.11. The SMILES string of the molecule is CC[C]=Cc1ccccc1. The van der Waals surface area contributed by atoms with Crippen LogP contribution in [0.1, 0.15) is 18.9 Å². The zero-order valence-corrected chi connectivity index (χ0v) is 6.17. The van der Waals surface area contributed by atoms with Crippen LogP contribution in [0.5, 0.6) is 0 Å². The molecule has 1 aromatic rings. The van der Waals surface area contributed by atoms with Gasteiger partial charge in [-0.3, -0.25) is 0 Å². The number of rotatable bonds is 2. The van der Waals surface area contributed by atoms with Gasteiger partial charge in [-0.15, -0.1) is 0 Å². The summed E-state index contributed by atoms with van der Waals surface area (Å²) in [7, 11) is 0. The molecule has 0 aromatic heterocycles. The number of allylic oxidation sites excluding steroid dienone is 1. The van der Waals surface area contributed by atoms with Crippen LogP contribution in [-0.4, -0.2) is 0 Å². The molecule has 0 nitrogen and oxygen atoms in total. The molecule has 51 valence electrons. The van der Waals surface area contributed by atoms with Crippen LogP contribution in [-0.2, 0) is 0 Å². The Bertz CT molecular complexity index is 197. The Morgan fingerprint density at radius 3 is 2.60 bits per heavy atom. The van der Waals surface area contributed by atoms with Gasteiger partial charge in [0.15, 0.2) is 0 Å². The van der Waals surface area contributed by atoms with Crippen LogP contribution >= 0.6 is 0 Å². The average Bonchev–Trinajstić information content (AvgIpc) is 2.03. The van der Waals surface area contributed by atoms with E-state index in [1.807, 2.05) is 24.3 Å². The molecule has 0 saturated heterocycles. The fourth-order valence-corrected chi connectivity index (χ4v) is 0.769. The zero-order chi connectivity index (χ0) is 7.23. The highest BCUT2D eigenvalue weighted by atomic mass is 13.8. The monoisotopic (exact) mass is 131 g/mol. The summed E-state index contributed by atoms with van der Waals surface area (Å²) in [5.41, 5.74) is 1.23. The van der Waals surface area contributed by atoms with Crippen LogP contribution in [0.2, 0.25) is 0 Å². The smallest absolute Gasteiger partial charge is 0.0254 e. The van der Waals surface area contributed by atoms with Crippen molar-refractivity contribution >= 4 is 6.08 Å². The van der Waals surface area contributed by atoms with Crippen LogP contribution in [0, 0.1) is 6.08 Å². The first-order chi connectivity index (χ1) is 4.93. The maximum absolute atomic E-state index is 3.14. The van der Waals surface area contributed by atoms with Gasteiger partial charge in [0, 0.05) is 0 Å². The molecule has 0 bridgehead atoms. The largest absolute Gasteiger partial charge is 0.0622 e. The Labute approximate surface area is 62.2 Å². The predicted octanol–water partition coefficient (Wildman–Crippen LogP) is 2.91. The first kappa shape index (κ1) is 7.07. The Balaban J connectivity index is 2.67. The lowest BCUT2D eigenvalue weighted by Crippen LogP contribution is -1.67. The zero-order valence-electron chi connectivity index (χ0n) is 6.17. The molecule has 0 unspecified atom stereocenters. The van der Waals surface area contributed by atoms with Crippen molar-refractivity contribution < 1.29 is 0 Å². The molecule has 1 rings (SSSR count). The van der Waals surface area contributed by atoms with Crippen molar-refractivity contribution in [1.82, 2.24) is 0 Å². The molecule has 0 atom stereocenters. The lowest BCUT2D eigenvalue weighted by molar-refractivity contribution is 1.20. The summed E-state index contributed by atoms with van der Waals surface area (Å²) in [5, 5.41) is 0. The van der Waals surface area contributed by atoms with E-state index in [9.17, 15) is 0 Å². The van der Waals surface area contributed by atoms with E-state index in [2.05, 4.69) is 25.1 Å². The summed E-state index contributed by atoms with van der Waals surface area (Å²) < 4.78 is 0. The van der Waals surface area contributed by atoms with Gasteiger partial charge in [0.25, 0.3) is 0 Å². The molecule has 0 N–H and O–H groups in total. The number of hydrogen-bond acceptors (Lipinski definition) is 0. The molecular weight excluding hydrogens is 120 g/mol. The molecule has 1 aromatic carbocycles. The molecule has 0 amide bonds. The molecule has 0 aliphatic rings. The van der Waals surface area contributed by atoms with Crippen molar-refractivity contribution in [2.45, 2.75) is 13.3 Å². The first-order valence-electron chi connectivity index (χ1n) is 3.55. The molecule has 0 spiro atoms. The first-order valence-corrected chi connectivity index (χ1v) is 3.55. The van der Waals surface area contributed by atoms with Crippen LogP contribution in [0.15, 0.2) is 30.3 Å². The van der Waals surface area contributed by atoms with Gasteiger partial charge < -0.3 is 0 Å². The molecule has 0 aliphatic heterocycles. The van der Waals surface area contributed by atoms with Gasteiger partial charge in [0.2, 0.25) is 0 Å². The van der Waals surface area contributed by atoms with E-state index < -0.39 is 0 Å². The van der Waals surface area contributed by atoms with E-state index in [4.69, 9.17) is 0 Å². The minimum Gasteiger partial charge on any atom is -0.0622 e. The van der Waals surface area contributed by atoms with Crippen LogP contribution in [0.4, 0.5) is 0 Å². The second-order valence-corrected chi connectivity index (χ2v) is 2.11. The maximum Gasteiger partial charge on any atom is -0.0254 e. The van der Waals surface area contributed by atoms with Gasteiger partial charge in [0.05, 0.1) is 0 Å². The normalized spacial score (nSPS) is 10.5. The highest BCUT2D eigenvalue weighted by molar-refractivity contribution is 5.46. The van der Waals surface area contributed by atoms with Crippen molar-refractivity contribution in [3.63, 3.8) is 0 Å². The predicted molar refractivity (Wildman–Crippen MR) is 44.4 cm³/mol. The van der Waals surface area contributed by atoms with Crippen molar-refractivity contribution in [2.75, 3.05) is 0 Å². The quantitative estimate of drug-likeness (QED) is 0.579. The summed E-state index contributed by atoms with van der Waals surface area (Å²) in [6.45, 7) is 2.08. The minimum atomic E-state index is 0.981. The minimum absolute atomic E-state index is 0.981. The van der Waals surface area contributed by atoms with Crippen LogP contribution in [0.3, 0.4) is 0 Å². The van der Waals surface area contributed by atoms with Gasteiger partial charge in [-0.2, -0.15) is 0 Å². The molecule has 10 heavy (non-hydrogen) atoms. The fourth-order valence-electron chi connectivity index (χ4n) is 0.769. The highest BCUT2D eigenvalue weighted by Gasteiger charge is 1.79. The number of hydrogen-bond donors (Lipinski definition) is 0. The van der Waals surface area contributed by atoms with Crippen molar-refractivity contribution in [1.29, 1.82) is 0 Å². The Kier molecular flexibility index (Phi) is 2.75. The van der Waals surface area contributed by atoms with Gasteiger partial charge >= 0.3 is 0 Å². The Morgan fingerprint density at radius 2 is 2.00 bits per heavy atom. The third-order valence-electron chi connectivity index (χ3n) is 1.27. The molecule has 0 aliphatic carbocycles. The number of benzene rings is 1. The highest BCUT2D eigenvalue weighted by Crippen LogP contribution is 2.00. The fraction of sp³-hybridized carbons (Fsp3) is 0.200. The molecule has 1 radical (unpaired) electrons. The summed E-state index contributed by atoms with van der Waals surface area (Å²) >= 11 is 0. The summed E-state index contributed by atoms with van der Waals surface area (Å²) in [4.78, 5) is 0. The summed E-state index contributed by atoms with van der Waals surface area (Å²) in [5.74, 6) is 0. The molecule has 0 saturated carbocycles. The Hall–Kier alpha value is -1.04. The lowest BCUT2D eigenvalue weighted by Gasteiger charge is -1.87. The van der Waals surface area contributed by atoms with E-state index in [1.165, 1.54) is 5.56 Å². The van der Waals surface area contributed by atoms with Crippen molar-refractivity contribution in [3.05, 3.63) is 42.0 Å². The van der Waals surface area contributed by atoms with Gasteiger partial charge in [-0.1, -0.05) is 43.3 Å². The third-order valence-corrected chi connectivity index (χ3v) is 1.27. The van der Waals surface area contributed by atoms with Gasteiger partial charge in [-0.25, -0.2) is 0 Å². The Morgan fingerprint density at radius 1 is 1.30 bits per heavy atom. The van der Waals surface area contributed by atoms with Crippen molar-refractivity contribution in [2.24, 2.45) is 0 Å². The molecule has 0 heteroatoms. The van der Waals surface area contributed by atoms with Crippen molar-refractivity contribution in [3.8, 4) is 0 Å². The maximum atomic E-state index is 3.14. The molecule has 0 fully saturated rings. The summed E-state index contributed by atoms with van der Waals surface area (Å²) in [6.07, 6.45) is 6.13. The third kappa shape index (κ3) is 2.06. The van der Waals surface area contributed by atoms with E-state index in [1.54, 1.807) is 0 Å². The second kappa shape index (κ2) is 3.89. The van der Waals surface area contributed by atoms with Crippen LogP contribution < -0.4 is 0 Å². The topological polar surface area (TPSA) is 0 Å². The van der Waals surface area contributed by atoms with E-state index in [-0.39, 0.29) is 0 Å². The van der Waals surface area contributed by atoms with Gasteiger partial charge in [0.1, 0.15) is 0 Å². The van der Waals surface area contributed by atoms with Gasteiger partial charge in [-0.05, 0) is 18.1 Å². The molecular formula is C10H11. The van der Waals surface area contributed by atoms with E-state index in [0.717, 1.165) is 6.42 Å². The summed E-state index contributed by atoms with van der Waals surface area (Å²) in [6, 6.07) is 10.2. The lowest BCUT2D eigenvalue weighted by atomic mass is 10.2. The van der Waals surface area contributed by atoms with E-state index >= 15 is 0 Å². The van der Waals surface area contributed by atoms with E-state index in [0.29, 0.717) is 0 Å². The average molecular weight is 131 g/mol. The standard InChI is InChI=1S/C10H11/c1-2-3-7-10-8-5-4-6-9-10/h4-9H,2H2,1H3. The molecule has 0 heterocycles. The van der Waals surface area contributed by atoms with Crippen LogP contribution in [0.25, 0.3) is 6.08 Å².